The van der Waals surface area contributed by atoms with Crippen LogP contribution >= 0.6 is 15.9 Å². The Hall–Kier alpha value is -4.47. The molecule has 1 N–H and O–H groups in total. The number of rotatable bonds is 11. The Balaban J connectivity index is 1.37. The largest absolute Gasteiger partial charge is 0.493 e. The molecule has 0 radical (unpaired) electrons. The zero-order chi connectivity index (χ0) is 29.5. The van der Waals surface area contributed by atoms with Crippen LogP contribution in [0.3, 0.4) is 0 Å². The third kappa shape index (κ3) is 6.87. The Morgan fingerprint density at radius 2 is 1.48 bits per heavy atom. The number of carbonyl (C=O) groups is 2. The first-order chi connectivity index (χ1) is 20.4. The second-order valence-electron chi connectivity index (χ2n) is 9.86. The Labute approximate surface area is 253 Å². The molecule has 4 aromatic carbocycles. The van der Waals surface area contributed by atoms with Crippen molar-refractivity contribution in [3.05, 3.63) is 124 Å². The van der Waals surface area contributed by atoms with Crippen LogP contribution in [0.2, 0.25) is 0 Å². The zero-order valence-corrected chi connectivity index (χ0v) is 25.0. The van der Waals surface area contributed by atoms with Crippen LogP contribution in [0, 0.1) is 0 Å². The van der Waals surface area contributed by atoms with E-state index in [4.69, 9.17) is 9.47 Å². The fourth-order valence-corrected chi connectivity index (χ4v) is 5.27. The number of hydrazone groups is 1. The lowest BCUT2D eigenvalue weighted by atomic mass is 10.1. The van der Waals surface area contributed by atoms with Crippen LogP contribution < -0.4 is 19.8 Å². The summed E-state index contributed by atoms with van der Waals surface area (Å²) in [5.74, 6) is 0.479. The molecule has 0 aliphatic carbocycles. The lowest BCUT2D eigenvalue weighted by Gasteiger charge is -2.28. The van der Waals surface area contributed by atoms with E-state index in [1.807, 2.05) is 54.6 Å². The molecule has 1 heterocycles. The van der Waals surface area contributed by atoms with E-state index >= 15 is 0 Å². The fourth-order valence-electron chi connectivity index (χ4n) is 4.91. The molecular formula is C33H31BrN4O4. The number of carbonyl (C=O) groups excluding carboxylic acids is 2. The molecule has 1 aliphatic heterocycles. The Morgan fingerprint density at radius 1 is 0.833 bits per heavy atom. The molecule has 0 saturated carbocycles. The number of amides is 2. The van der Waals surface area contributed by atoms with Gasteiger partial charge in [0.1, 0.15) is 0 Å². The molecule has 42 heavy (non-hydrogen) atoms. The quantitative estimate of drug-likeness (QED) is 0.221. The summed E-state index contributed by atoms with van der Waals surface area (Å²) in [7, 11) is 3.10. The van der Waals surface area contributed by atoms with Crippen LogP contribution in [0.5, 0.6) is 11.5 Å². The fraction of sp³-hybridized carbons (Fsp3) is 0.182. The van der Waals surface area contributed by atoms with E-state index in [0.29, 0.717) is 36.8 Å². The van der Waals surface area contributed by atoms with Crippen molar-refractivity contribution in [3.63, 3.8) is 0 Å². The summed E-state index contributed by atoms with van der Waals surface area (Å²) >= 11 is 3.52. The van der Waals surface area contributed by atoms with Gasteiger partial charge in [0.15, 0.2) is 17.2 Å². The van der Waals surface area contributed by atoms with Gasteiger partial charge in [-0.15, -0.1) is 0 Å². The maximum atomic E-state index is 13.8. The minimum atomic E-state index is -0.354. The number of hydrogen-bond donors (Lipinski definition) is 1. The van der Waals surface area contributed by atoms with Gasteiger partial charge in [-0.1, -0.05) is 82.7 Å². The highest BCUT2D eigenvalue weighted by Gasteiger charge is 2.35. The molecule has 4 aromatic rings. The highest BCUT2D eigenvalue weighted by atomic mass is 79.9. The van der Waals surface area contributed by atoms with Crippen molar-refractivity contribution in [3.8, 4) is 11.5 Å². The average Bonchev–Trinajstić information content (AvgIpc) is 3.26. The molecule has 0 fully saturated rings. The molecule has 9 heteroatoms. The van der Waals surface area contributed by atoms with Gasteiger partial charge in [0.2, 0.25) is 5.91 Å². The highest BCUT2D eigenvalue weighted by Crippen LogP contribution is 2.32. The van der Waals surface area contributed by atoms with E-state index in [0.717, 1.165) is 26.9 Å². The number of nitrogens with one attached hydrogen (secondary N) is 1. The molecule has 0 saturated heterocycles. The van der Waals surface area contributed by atoms with Gasteiger partial charge in [0.05, 0.1) is 33.0 Å². The van der Waals surface area contributed by atoms with Gasteiger partial charge >= 0.3 is 0 Å². The number of ether oxygens (including phenoxy) is 2. The van der Waals surface area contributed by atoms with Crippen LogP contribution in [0.4, 0.5) is 5.69 Å². The summed E-state index contributed by atoms with van der Waals surface area (Å²) in [6, 6.07) is 31.3. The molecule has 5 rings (SSSR count). The van der Waals surface area contributed by atoms with Crippen LogP contribution in [-0.4, -0.2) is 43.3 Å². The first-order valence-electron chi connectivity index (χ1n) is 13.4. The first-order valence-corrected chi connectivity index (χ1v) is 14.2. The minimum Gasteiger partial charge on any atom is -0.493 e. The predicted octanol–water partition coefficient (Wildman–Crippen LogP) is 5.54. The second kappa shape index (κ2) is 13.5. The van der Waals surface area contributed by atoms with Gasteiger partial charge in [-0.3, -0.25) is 19.4 Å². The molecule has 2 amide bonds. The smallest absolute Gasteiger partial charge is 0.280 e. The van der Waals surface area contributed by atoms with Crippen LogP contribution in [0.1, 0.15) is 22.3 Å². The van der Waals surface area contributed by atoms with E-state index in [2.05, 4.69) is 55.6 Å². The number of halogens is 1. The molecule has 214 valence electrons. The number of methoxy groups -OCH3 is 2. The van der Waals surface area contributed by atoms with Crippen molar-refractivity contribution in [1.82, 2.24) is 10.3 Å². The van der Waals surface area contributed by atoms with Crippen molar-refractivity contribution >= 4 is 39.1 Å². The lowest BCUT2D eigenvalue weighted by Crippen LogP contribution is -2.41. The van der Waals surface area contributed by atoms with Crippen molar-refractivity contribution < 1.29 is 19.1 Å². The van der Waals surface area contributed by atoms with Gasteiger partial charge in [-0.05, 0) is 47.0 Å². The standard InChI is InChI=1S/C33H31BrN4O4/c1-41-29-16-13-25(17-30(29)42-2)18-31(39)35-36-32-27-19-26(34)14-15-28(27)38(33(32)40)22-37(20-23-9-5-3-6-10-23)21-24-11-7-4-8-12-24/h3-17,19H,18,20-22H2,1-2H3,(H,35,39). The molecule has 8 nitrogen and oxygen atoms in total. The molecular weight excluding hydrogens is 596 g/mol. The SMILES string of the molecule is COc1ccc(CC(=O)NN=C2C(=O)N(CN(Cc3ccccc3)Cc3ccccc3)c3ccc(Br)cc32)cc1OC. The summed E-state index contributed by atoms with van der Waals surface area (Å²) in [6.45, 7) is 1.65. The number of benzene rings is 4. The van der Waals surface area contributed by atoms with E-state index in [9.17, 15) is 9.59 Å². The number of nitrogens with zero attached hydrogens (tertiary/aromatic N) is 3. The van der Waals surface area contributed by atoms with E-state index in [1.165, 1.54) is 0 Å². The van der Waals surface area contributed by atoms with Crippen molar-refractivity contribution in [2.75, 3.05) is 25.8 Å². The topological polar surface area (TPSA) is 83.5 Å². The molecule has 0 bridgehead atoms. The molecule has 1 aliphatic rings. The van der Waals surface area contributed by atoms with Gasteiger partial charge in [0.25, 0.3) is 5.91 Å². The zero-order valence-electron chi connectivity index (χ0n) is 23.4. The molecule has 0 unspecified atom stereocenters. The van der Waals surface area contributed by atoms with Gasteiger partial charge in [0, 0.05) is 23.1 Å². The normalized spacial score (nSPS) is 13.4. The van der Waals surface area contributed by atoms with Gasteiger partial charge in [-0.25, -0.2) is 5.43 Å². The van der Waals surface area contributed by atoms with Crippen LogP contribution in [0.25, 0.3) is 0 Å². The van der Waals surface area contributed by atoms with Crippen molar-refractivity contribution in [2.45, 2.75) is 19.5 Å². The van der Waals surface area contributed by atoms with Crippen molar-refractivity contribution in [2.24, 2.45) is 5.10 Å². The van der Waals surface area contributed by atoms with Gasteiger partial charge in [-0.2, -0.15) is 5.10 Å². The molecule has 0 atom stereocenters. The summed E-state index contributed by atoms with van der Waals surface area (Å²) < 4.78 is 11.4. The number of fused-ring (bicyclic) bond motifs is 1. The maximum Gasteiger partial charge on any atom is 0.280 e. The van der Waals surface area contributed by atoms with E-state index < -0.39 is 0 Å². The van der Waals surface area contributed by atoms with Crippen LogP contribution in [0.15, 0.2) is 107 Å². The number of hydrogen-bond acceptors (Lipinski definition) is 6. The summed E-state index contributed by atoms with van der Waals surface area (Å²) in [5, 5.41) is 4.32. The Morgan fingerprint density at radius 3 is 2.10 bits per heavy atom. The average molecular weight is 628 g/mol. The third-order valence-corrected chi connectivity index (χ3v) is 7.39. The Bertz CT molecular complexity index is 1550. The van der Waals surface area contributed by atoms with Crippen LogP contribution in [-0.2, 0) is 29.1 Å². The lowest BCUT2D eigenvalue weighted by molar-refractivity contribution is -0.120. The monoisotopic (exact) mass is 626 g/mol. The minimum absolute atomic E-state index is 0.0578. The summed E-state index contributed by atoms with van der Waals surface area (Å²) in [5.41, 5.74) is 7.18. The van der Waals surface area contributed by atoms with E-state index in [-0.39, 0.29) is 23.9 Å². The molecule has 0 spiro atoms. The summed E-state index contributed by atoms with van der Waals surface area (Å²) in [6.07, 6.45) is 0.0578. The first kappa shape index (κ1) is 29.0. The highest BCUT2D eigenvalue weighted by molar-refractivity contribution is 9.10. The van der Waals surface area contributed by atoms with Gasteiger partial charge < -0.3 is 9.47 Å². The van der Waals surface area contributed by atoms with Crippen molar-refractivity contribution in [1.29, 1.82) is 0 Å². The molecule has 0 aromatic heterocycles. The number of anilines is 1. The van der Waals surface area contributed by atoms with E-state index in [1.54, 1.807) is 37.3 Å². The Kier molecular flexibility index (Phi) is 9.31. The maximum absolute atomic E-state index is 13.8. The predicted molar refractivity (Wildman–Crippen MR) is 167 cm³/mol. The third-order valence-electron chi connectivity index (χ3n) is 6.90. The second-order valence-corrected chi connectivity index (χ2v) is 10.8. The summed E-state index contributed by atoms with van der Waals surface area (Å²) in [4.78, 5) is 30.6.